The minimum absolute atomic E-state index is 0.120. The molecule has 0 unspecified atom stereocenters. The largest absolute Gasteiger partial charge is 0.416 e. The average molecular weight is 353 g/mol. The molecule has 3 aromatic rings. The number of alkyl halides is 2. The Balaban J connectivity index is 2.01. The summed E-state index contributed by atoms with van der Waals surface area (Å²) in [6.45, 7) is -2.94. The Morgan fingerprint density at radius 2 is 2.09 bits per heavy atom. The third-order valence-corrected chi connectivity index (χ3v) is 4.10. The SMILES string of the molecule is FC(F)Oc1ncc(Cc2nccs2)cc1-c1cccc(Cl)c1. The maximum Gasteiger partial charge on any atom is 0.388 e. The Labute approximate surface area is 140 Å². The predicted octanol–water partition coefficient (Wildman–Crippen LogP) is 5.05. The zero-order valence-corrected chi connectivity index (χ0v) is 13.3. The summed E-state index contributed by atoms with van der Waals surface area (Å²) in [6, 6.07) is 8.69. The van der Waals surface area contributed by atoms with Gasteiger partial charge in [-0.3, -0.25) is 0 Å². The zero-order valence-electron chi connectivity index (χ0n) is 11.7. The Hall–Kier alpha value is -2.05. The Morgan fingerprint density at radius 1 is 1.22 bits per heavy atom. The molecule has 118 valence electrons. The van der Waals surface area contributed by atoms with Gasteiger partial charge in [0.1, 0.15) is 0 Å². The summed E-state index contributed by atoms with van der Waals surface area (Å²) in [7, 11) is 0. The monoisotopic (exact) mass is 352 g/mol. The Bertz CT molecular complexity index is 797. The molecule has 0 bridgehead atoms. The fourth-order valence-corrected chi connectivity index (χ4v) is 2.99. The molecule has 0 spiro atoms. The highest BCUT2D eigenvalue weighted by atomic mass is 35.5. The molecule has 0 aliphatic rings. The lowest BCUT2D eigenvalue weighted by Gasteiger charge is -2.11. The van der Waals surface area contributed by atoms with Crippen LogP contribution in [0.5, 0.6) is 5.88 Å². The van der Waals surface area contributed by atoms with Gasteiger partial charge in [0.05, 0.1) is 5.01 Å². The van der Waals surface area contributed by atoms with Crippen LogP contribution in [0.25, 0.3) is 11.1 Å². The van der Waals surface area contributed by atoms with Crippen LogP contribution in [0.15, 0.2) is 48.1 Å². The maximum atomic E-state index is 12.6. The normalized spacial score (nSPS) is 11.0. The molecule has 0 saturated heterocycles. The van der Waals surface area contributed by atoms with Crippen LogP contribution < -0.4 is 4.74 Å². The molecule has 23 heavy (non-hydrogen) atoms. The second-order valence-electron chi connectivity index (χ2n) is 4.69. The first-order chi connectivity index (χ1) is 11.1. The van der Waals surface area contributed by atoms with Crippen LogP contribution in [0, 0.1) is 0 Å². The van der Waals surface area contributed by atoms with E-state index in [-0.39, 0.29) is 5.88 Å². The van der Waals surface area contributed by atoms with E-state index in [4.69, 9.17) is 11.6 Å². The first-order valence-corrected chi connectivity index (χ1v) is 7.95. The lowest BCUT2D eigenvalue weighted by atomic mass is 10.0. The molecule has 2 aromatic heterocycles. The second kappa shape index (κ2) is 7.02. The Kier molecular flexibility index (Phi) is 4.83. The molecule has 0 aliphatic heterocycles. The molecule has 0 atom stereocenters. The zero-order chi connectivity index (χ0) is 16.2. The summed E-state index contributed by atoms with van der Waals surface area (Å²) < 4.78 is 29.7. The quantitative estimate of drug-likeness (QED) is 0.644. The predicted molar refractivity (Wildman–Crippen MR) is 86.2 cm³/mol. The van der Waals surface area contributed by atoms with Crippen molar-refractivity contribution in [2.24, 2.45) is 0 Å². The van der Waals surface area contributed by atoms with E-state index < -0.39 is 6.61 Å². The van der Waals surface area contributed by atoms with E-state index in [1.807, 2.05) is 5.38 Å². The summed E-state index contributed by atoms with van der Waals surface area (Å²) in [5.74, 6) is -0.120. The molecule has 0 N–H and O–H groups in total. The van der Waals surface area contributed by atoms with Crippen LogP contribution in [-0.4, -0.2) is 16.6 Å². The minimum Gasteiger partial charge on any atom is -0.416 e. The number of ether oxygens (including phenoxy) is 1. The minimum atomic E-state index is -2.94. The number of pyridine rings is 1. The van der Waals surface area contributed by atoms with Gasteiger partial charge in [-0.05, 0) is 29.3 Å². The van der Waals surface area contributed by atoms with Gasteiger partial charge in [0.25, 0.3) is 0 Å². The van der Waals surface area contributed by atoms with Crippen molar-refractivity contribution in [3.63, 3.8) is 0 Å². The summed E-state index contributed by atoms with van der Waals surface area (Å²) in [5, 5.41) is 3.32. The summed E-state index contributed by atoms with van der Waals surface area (Å²) in [4.78, 5) is 8.25. The first-order valence-electron chi connectivity index (χ1n) is 6.70. The van der Waals surface area contributed by atoms with Crippen LogP contribution in [0.1, 0.15) is 10.6 Å². The van der Waals surface area contributed by atoms with E-state index in [0.717, 1.165) is 10.6 Å². The van der Waals surface area contributed by atoms with Crippen molar-refractivity contribution >= 4 is 22.9 Å². The average Bonchev–Trinajstić information content (AvgIpc) is 3.01. The topological polar surface area (TPSA) is 35.0 Å². The Morgan fingerprint density at radius 3 is 2.78 bits per heavy atom. The fourth-order valence-electron chi connectivity index (χ4n) is 2.15. The van der Waals surface area contributed by atoms with Gasteiger partial charge >= 0.3 is 6.61 Å². The standard InChI is InChI=1S/C16H11ClF2N2OS/c17-12-3-1-2-11(8-12)13-6-10(7-14-20-4-5-23-14)9-21-15(13)22-16(18)19/h1-6,8-9,16H,7H2. The second-order valence-corrected chi connectivity index (χ2v) is 6.10. The smallest absolute Gasteiger partial charge is 0.388 e. The molecule has 0 fully saturated rings. The molecular weight excluding hydrogens is 342 g/mol. The highest BCUT2D eigenvalue weighted by Crippen LogP contribution is 2.32. The van der Waals surface area contributed by atoms with E-state index in [1.165, 1.54) is 17.5 Å². The lowest BCUT2D eigenvalue weighted by Crippen LogP contribution is -2.05. The number of hydrogen-bond acceptors (Lipinski definition) is 4. The molecular formula is C16H11ClF2N2OS. The number of nitrogens with zero attached hydrogens (tertiary/aromatic N) is 2. The highest BCUT2D eigenvalue weighted by Gasteiger charge is 2.14. The molecule has 3 rings (SSSR count). The first kappa shape index (κ1) is 15.8. The number of hydrogen-bond donors (Lipinski definition) is 0. The van der Waals surface area contributed by atoms with Crippen molar-refractivity contribution < 1.29 is 13.5 Å². The van der Waals surface area contributed by atoms with Crippen molar-refractivity contribution in [3.05, 3.63) is 63.7 Å². The van der Waals surface area contributed by atoms with Crippen LogP contribution in [0.2, 0.25) is 5.02 Å². The van der Waals surface area contributed by atoms with Gasteiger partial charge < -0.3 is 4.74 Å². The molecule has 7 heteroatoms. The maximum absolute atomic E-state index is 12.6. The summed E-state index contributed by atoms with van der Waals surface area (Å²) >= 11 is 7.52. The molecule has 0 amide bonds. The van der Waals surface area contributed by atoms with E-state index in [1.54, 1.807) is 36.5 Å². The molecule has 0 saturated carbocycles. The van der Waals surface area contributed by atoms with Crippen LogP contribution in [-0.2, 0) is 6.42 Å². The molecule has 1 aromatic carbocycles. The van der Waals surface area contributed by atoms with Crippen molar-refractivity contribution in [2.45, 2.75) is 13.0 Å². The number of benzene rings is 1. The number of halogens is 3. The van der Waals surface area contributed by atoms with Crippen LogP contribution in [0.3, 0.4) is 0 Å². The van der Waals surface area contributed by atoms with E-state index in [9.17, 15) is 8.78 Å². The number of aromatic nitrogens is 2. The highest BCUT2D eigenvalue weighted by molar-refractivity contribution is 7.09. The van der Waals surface area contributed by atoms with Crippen molar-refractivity contribution in [2.75, 3.05) is 0 Å². The number of thiazole rings is 1. The molecule has 0 radical (unpaired) electrons. The van der Waals surface area contributed by atoms with Gasteiger partial charge in [-0.15, -0.1) is 11.3 Å². The van der Waals surface area contributed by atoms with E-state index in [0.29, 0.717) is 22.6 Å². The third-order valence-electron chi connectivity index (χ3n) is 3.08. The van der Waals surface area contributed by atoms with Gasteiger partial charge in [0.2, 0.25) is 5.88 Å². The number of rotatable bonds is 5. The van der Waals surface area contributed by atoms with Crippen LogP contribution >= 0.6 is 22.9 Å². The van der Waals surface area contributed by atoms with E-state index in [2.05, 4.69) is 14.7 Å². The lowest BCUT2D eigenvalue weighted by molar-refractivity contribution is -0.0524. The fraction of sp³-hybridized carbons (Fsp3) is 0.125. The molecule has 0 aliphatic carbocycles. The van der Waals surface area contributed by atoms with Crippen molar-refractivity contribution in [3.8, 4) is 17.0 Å². The van der Waals surface area contributed by atoms with Crippen molar-refractivity contribution in [1.82, 2.24) is 9.97 Å². The third kappa shape index (κ3) is 4.03. The molecule has 3 nitrogen and oxygen atoms in total. The summed E-state index contributed by atoms with van der Waals surface area (Å²) in [5.41, 5.74) is 2.00. The van der Waals surface area contributed by atoms with Gasteiger partial charge in [0, 0.05) is 34.8 Å². The van der Waals surface area contributed by atoms with Gasteiger partial charge in [0.15, 0.2) is 0 Å². The van der Waals surface area contributed by atoms with E-state index >= 15 is 0 Å². The summed E-state index contributed by atoms with van der Waals surface area (Å²) in [6.07, 6.45) is 3.82. The molecule has 2 heterocycles. The van der Waals surface area contributed by atoms with Crippen LogP contribution in [0.4, 0.5) is 8.78 Å². The van der Waals surface area contributed by atoms with Gasteiger partial charge in [-0.1, -0.05) is 23.7 Å². The van der Waals surface area contributed by atoms with Gasteiger partial charge in [-0.25, -0.2) is 9.97 Å². The van der Waals surface area contributed by atoms with Crippen molar-refractivity contribution in [1.29, 1.82) is 0 Å². The van der Waals surface area contributed by atoms with Gasteiger partial charge in [-0.2, -0.15) is 8.78 Å².